The highest BCUT2D eigenvalue weighted by Gasteiger charge is 2.24. The largest absolute Gasteiger partial charge is 0.439 e. The Kier molecular flexibility index (Phi) is 1.92. The van der Waals surface area contributed by atoms with Crippen molar-refractivity contribution in [3.8, 4) is 0 Å². The average Bonchev–Trinajstić information content (AvgIpc) is 2.15. The summed E-state index contributed by atoms with van der Waals surface area (Å²) >= 11 is 2.99. The van der Waals surface area contributed by atoms with Crippen molar-refractivity contribution >= 4 is 27.7 Å². The number of carbonyl (C=O) groups excluding carboxylic acids is 2. The maximum atomic E-state index is 11.4. The lowest BCUT2D eigenvalue weighted by Gasteiger charge is -2.14. The number of halogens is 1. The summed E-state index contributed by atoms with van der Waals surface area (Å²) in [5.74, 6) is -0.721. The minimum Gasteiger partial charge on any atom is -0.439 e. The van der Waals surface area contributed by atoms with Crippen LogP contribution in [0.3, 0.4) is 0 Å². The van der Waals surface area contributed by atoms with Gasteiger partial charge in [0, 0.05) is 5.56 Å². The zero-order chi connectivity index (χ0) is 9.42. The van der Waals surface area contributed by atoms with Crippen LogP contribution < -0.4 is 0 Å². The van der Waals surface area contributed by atoms with Crippen molar-refractivity contribution < 1.29 is 14.3 Å². The summed E-state index contributed by atoms with van der Waals surface area (Å²) in [7, 11) is 0. The first-order chi connectivity index (χ1) is 6.18. The van der Waals surface area contributed by atoms with E-state index in [9.17, 15) is 9.59 Å². The van der Waals surface area contributed by atoms with E-state index in [2.05, 4.69) is 15.9 Å². The highest BCUT2D eigenvalue weighted by Crippen LogP contribution is 2.18. The molecule has 66 valence electrons. The molecule has 0 amide bonds. The van der Waals surface area contributed by atoms with Gasteiger partial charge in [-0.25, -0.2) is 4.79 Å². The van der Waals surface area contributed by atoms with Gasteiger partial charge in [0.25, 0.3) is 0 Å². The molecule has 1 aromatic rings. The summed E-state index contributed by atoms with van der Waals surface area (Å²) < 4.78 is 4.81. The maximum Gasteiger partial charge on any atom is 0.339 e. The number of benzene rings is 1. The molecule has 0 radical (unpaired) electrons. The van der Waals surface area contributed by atoms with Gasteiger partial charge in [0.2, 0.25) is 10.8 Å². The van der Waals surface area contributed by atoms with Crippen molar-refractivity contribution in [1.82, 2.24) is 0 Å². The van der Waals surface area contributed by atoms with Crippen LogP contribution in [0.2, 0.25) is 0 Å². The maximum absolute atomic E-state index is 11.4. The molecular weight excluding hydrogens is 236 g/mol. The fraction of sp³-hybridized carbons (Fsp3) is 0.111. The van der Waals surface area contributed by atoms with Crippen molar-refractivity contribution in [2.45, 2.75) is 5.01 Å². The Morgan fingerprint density at radius 3 is 2.23 bits per heavy atom. The lowest BCUT2D eigenvalue weighted by Crippen LogP contribution is -2.24. The van der Waals surface area contributed by atoms with Crippen LogP contribution in [0.5, 0.6) is 0 Å². The summed E-state index contributed by atoms with van der Waals surface area (Å²) in [5.41, 5.74) is 0.999. The molecule has 3 nitrogen and oxygen atoms in total. The highest BCUT2D eigenvalue weighted by molar-refractivity contribution is 9.09. The third-order valence-electron chi connectivity index (χ3n) is 1.82. The van der Waals surface area contributed by atoms with Gasteiger partial charge < -0.3 is 4.74 Å². The van der Waals surface area contributed by atoms with Gasteiger partial charge in [-0.3, -0.25) is 4.79 Å². The van der Waals surface area contributed by atoms with Crippen LogP contribution in [0.25, 0.3) is 0 Å². The second-order valence-electron chi connectivity index (χ2n) is 2.66. The molecule has 1 atom stereocenters. The highest BCUT2D eigenvalue weighted by atomic mass is 79.9. The van der Waals surface area contributed by atoms with Crippen molar-refractivity contribution in [1.29, 1.82) is 0 Å². The number of fused-ring (bicyclic) bond motifs is 5. The Hall–Kier alpha value is -1.16. The lowest BCUT2D eigenvalue weighted by atomic mass is 10.1. The van der Waals surface area contributed by atoms with Crippen LogP contribution in [-0.4, -0.2) is 16.8 Å². The molecule has 1 aromatic carbocycles. The number of rotatable bonds is 0. The van der Waals surface area contributed by atoms with Gasteiger partial charge in [0.05, 0.1) is 5.56 Å². The Labute approximate surface area is 82.8 Å². The number of esters is 1. The normalized spacial score (nSPS) is 20.8. The molecule has 2 bridgehead atoms. The quantitative estimate of drug-likeness (QED) is 0.513. The van der Waals surface area contributed by atoms with E-state index in [1.54, 1.807) is 24.3 Å². The van der Waals surface area contributed by atoms with Gasteiger partial charge in [0.1, 0.15) is 0 Å². The zero-order valence-corrected chi connectivity index (χ0v) is 8.08. The molecule has 2 aliphatic heterocycles. The molecule has 0 aliphatic carbocycles. The first-order valence-electron chi connectivity index (χ1n) is 3.68. The first-order valence-corrected chi connectivity index (χ1v) is 4.59. The molecule has 1 unspecified atom stereocenters. The van der Waals surface area contributed by atoms with E-state index in [0.29, 0.717) is 11.1 Å². The number of hydrogen-bond acceptors (Lipinski definition) is 3. The summed E-state index contributed by atoms with van der Waals surface area (Å²) in [6.45, 7) is 0. The number of ketones is 1. The van der Waals surface area contributed by atoms with Crippen molar-refractivity contribution in [2.24, 2.45) is 0 Å². The fourth-order valence-corrected chi connectivity index (χ4v) is 1.55. The molecule has 0 N–H and O–H groups in total. The Morgan fingerprint density at radius 2 is 1.62 bits per heavy atom. The topological polar surface area (TPSA) is 43.4 Å². The summed E-state index contributed by atoms with van der Waals surface area (Å²) in [6, 6.07) is 6.39. The molecule has 2 heterocycles. The number of carbonyl (C=O) groups is 2. The predicted molar refractivity (Wildman–Crippen MR) is 48.9 cm³/mol. The van der Waals surface area contributed by atoms with Crippen LogP contribution in [0.1, 0.15) is 20.7 Å². The second kappa shape index (κ2) is 2.96. The van der Waals surface area contributed by atoms with Crippen LogP contribution in [0.15, 0.2) is 24.3 Å². The van der Waals surface area contributed by atoms with E-state index < -0.39 is 11.0 Å². The molecule has 3 rings (SSSR count). The molecule has 0 saturated carbocycles. The molecule has 2 aliphatic rings. The molecular formula is C9H5BrO3. The number of ether oxygens (including phenoxy) is 1. The molecule has 4 heteroatoms. The number of alkyl halides is 1. The van der Waals surface area contributed by atoms with Gasteiger partial charge in [0.15, 0.2) is 0 Å². The Morgan fingerprint density at radius 1 is 1.08 bits per heavy atom. The van der Waals surface area contributed by atoms with E-state index in [1.807, 2.05) is 0 Å². The van der Waals surface area contributed by atoms with E-state index in [1.165, 1.54) is 0 Å². The second-order valence-corrected chi connectivity index (χ2v) is 3.49. The first kappa shape index (κ1) is 8.44. The van der Waals surface area contributed by atoms with Crippen LogP contribution in [0.4, 0.5) is 0 Å². The van der Waals surface area contributed by atoms with Gasteiger partial charge in [-0.1, -0.05) is 12.1 Å². The molecule has 0 spiro atoms. The molecule has 0 saturated heterocycles. The lowest BCUT2D eigenvalue weighted by molar-refractivity contribution is 0.0431. The average molecular weight is 241 g/mol. The van der Waals surface area contributed by atoms with Gasteiger partial charge in [-0.05, 0) is 28.1 Å². The molecule has 13 heavy (non-hydrogen) atoms. The van der Waals surface area contributed by atoms with Crippen molar-refractivity contribution in [3.05, 3.63) is 35.4 Å². The van der Waals surface area contributed by atoms with Gasteiger partial charge in [-0.2, -0.15) is 0 Å². The smallest absolute Gasteiger partial charge is 0.339 e. The predicted octanol–water partition coefficient (Wildman–Crippen LogP) is 1.76. The Balaban J connectivity index is 2.57. The van der Waals surface area contributed by atoms with Crippen LogP contribution in [-0.2, 0) is 4.74 Å². The van der Waals surface area contributed by atoms with Crippen LogP contribution >= 0.6 is 15.9 Å². The van der Waals surface area contributed by atoms with Gasteiger partial charge >= 0.3 is 5.97 Å². The Bertz CT molecular complexity index is 369. The van der Waals surface area contributed by atoms with Crippen molar-refractivity contribution in [2.75, 3.05) is 0 Å². The minimum atomic E-state index is -0.861. The molecule has 0 aromatic heterocycles. The van der Waals surface area contributed by atoms with Gasteiger partial charge in [-0.15, -0.1) is 0 Å². The summed E-state index contributed by atoms with van der Waals surface area (Å²) in [6.07, 6.45) is 0. The van der Waals surface area contributed by atoms with E-state index >= 15 is 0 Å². The molecule has 0 fully saturated rings. The van der Waals surface area contributed by atoms with E-state index in [0.717, 1.165) is 0 Å². The third kappa shape index (κ3) is 1.37. The van der Waals surface area contributed by atoms with E-state index in [4.69, 9.17) is 4.74 Å². The standard InChI is InChI=1S/C9H5BrO3/c10-8-7(11)5-1-3-6(4-2-5)9(12)13-8/h1-4,8H. The van der Waals surface area contributed by atoms with Crippen LogP contribution in [0, 0.1) is 0 Å². The summed E-state index contributed by atoms with van der Waals surface area (Å²) in [5, 5.41) is -0.861. The van der Waals surface area contributed by atoms with Crippen molar-refractivity contribution in [3.63, 3.8) is 0 Å². The third-order valence-corrected chi connectivity index (χ3v) is 2.42. The van der Waals surface area contributed by atoms with E-state index in [-0.39, 0.29) is 5.78 Å². The zero-order valence-electron chi connectivity index (χ0n) is 6.49. The minimum absolute atomic E-state index is 0.236. The summed E-state index contributed by atoms with van der Waals surface area (Å²) in [4.78, 5) is 22.7. The fourth-order valence-electron chi connectivity index (χ4n) is 1.12. The number of hydrogen-bond donors (Lipinski definition) is 0. The monoisotopic (exact) mass is 240 g/mol. The SMILES string of the molecule is O=C1OC(Br)C(=O)c2ccc1cc2. The number of Topliss-reactive ketones (excluding diaryl/α,β-unsaturated/α-hetero) is 1.